The van der Waals surface area contributed by atoms with Gasteiger partial charge in [0.2, 0.25) is 0 Å². The molecule has 0 saturated carbocycles. The van der Waals surface area contributed by atoms with Crippen LogP contribution in [-0.4, -0.2) is 175 Å². The molecule has 7 aliphatic heterocycles. The molecule has 0 amide bonds. The van der Waals surface area contributed by atoms with Gasteiger partial charge in [-0.05, 0) is 85.0 Å². The Morgan fingerprint density at radius 2 is 1.35 bits per heavy atom. The predicted octanol–water partition coefficient (Wildman–Crippen LogP) is 0.906. The van der Waals surface area contributed by atoms with Crippen LogP contribution in [0.4, 0.5) is 0 Å². The Morgan fingerprint density at radius 1 is 0.732 bits per heavy atom. The summed E-state index contributed by atoms with van der Waals surface area (Å²) in [6.07, 6.45) is -3.63. The fourth-order valence-corrected chi connectivity index (χ4v) is 13.1. The molecule has 0 aromatic rings. The van der Waals surface area contributed by atoms with Gasteiger partial charge in [0, 0.05) is 83.6 Å². The van der Waals surface area contributed by atoms with Crippen LogP contribution in [0.2, 0.25) is 0 Å². The number of aliphatic carboxylic acids is 1. The maximum Gasteiger partial charge on any atom is 1.00 e. The maximum absolute atomic E-state index is 12.2. The van der Waals surface area contributed by atoms with Crippen LogP contribution in [0.25, 0.3) is 0 Å². The van der Waals surface area contributed by atoms with E-state index in [9.17, 15) is 30.3 Å². The van der Waals surface area contributed by atoms with Crippen LogP contribution in [0.5, 0.6) is 0 Å². The van der Waals surface area contributed by atoms with Crippen molar-refractivity contribution in [2.24, 2.45) is 29.6 Å². The zero-order valence-corrected chi connectivity index (χ0v) is 47.2. The molecule has 7 saturated heterocycles. The minimum Gasteiger partial charge on any atom is -0.550 e. The number of hydrogen-bond donors (Lipinski definition) is 4. The Morgan fingerprint density at radius 3 is 1.92 bits per heavy atom. The molecule has 26 atom stereocenters. The Hall–Kier alpha value is -0.170. The van der Waals surface area contributed by atoms with Gasteiger partial charge in [0.25, 0.3) is 0 Å². The summed E-state index contributed by atoms with van der Waals surface area (Å²) in [5, 5.41) is 58.1. The minimum atomic E-state index is -2.19. The van der Waals surface area contributed by atoms with E-state index < -0.39 is 127 Å². The molecular weight excluding hydrogens is 936 g/mol. The standard InChI is InChI=1S/C52H90O18.Na/c1-26(31(6)53)22-27(2)43(57)37-23-38(64-41-16-14-35(59-11)32(7)62-41)48(65-37)50(10)19-18-39(67-50)49(9)20-21-51(70-49)24-34(54)28(3)44(68-51)29(4)45-47(61-13)46(30(5)52(58,69-45)25-40(55)56)66-42-17-15-36(60-12)33(8)63-42;/h26-39,41-48,53-54,57-58H,14-25H2,1-13H3,(H,55,56);/q;+1/p-1/t26-,27+,28-,29-,30+,31-,32-,33-,34+,35+,36+,37-,38+,39-,41+,42+,43+,44+,45+,46+,47+,48-,49+,50+,51-,52-;/m1./s1. The quantitative estimate of drug-likeness (QED) is 0.140. The zero-order chi connectivity index (χ0) is 51.2. The van der Waals surface area contributed by atoms with Crippen molar-refractivity contribution < 1.29 is 117 Å². The van der Waals surface area contributed by atoms with E-state index in [-0.39, 0.29) is 78.3 Å². The maximum atomic E-state index is 12.2. The first kappa shape index (κ1) is 60.1. The van der Waals surface area contributed by atoms with Gasteiger partial charge in [0.1, 0.15) is 12.2 Å². The summed E-state index contributed by atoms with van der Waals surface area (Å²) in [5.74, 6) is -6.89. The average molecular weight is 1030 g/mol. The van der Waals surface area contributed by atoms with Crippen molar-refractivity contribution in [2.45, 2.75) is 273 Å². The van der Waals surface area contributed by atoms with Crippen LogP contribution < -0.4 is 34.7 Å². The van der Waals surface area contributed by atoms with E-state index in [1.54, 1.807) is 28.1 Å². The van der Waals surface area contributed by atoms with Gasteiger partial charge < -0.3 is 87.2 Å². The molecule has 0 bridgehead atoms. The number of aliphatic hydroxyl groups is 4. The van der Waals surface area contributed by atoms with Gasteiger partial charge in [-0.3, -0.25) is 0 Å². The van der Waals surface area contributed by atoms with Crippen molar-refractivity contribution in [1.29, 1.82) is 0 Å². The van der Waals surface area contributed by atoms with Gasteiger partial charge in [0.05, 0.1) is 90.6 Å². The Bertz CT molecular complexity index is 1720. The topological polar surface area (TPSA) is 232 Å². The summed E-state index contributed by atoms with van der Waals surface area (Å²) < 4.78 is 77.9. The molecule has 0 aromatic carbocycles. The summed E-state index contributed by atoms with van der Waals surface area (Å²) in [4.78, 5) is 12.2. The van der Waals surface area contributed by atoms with Crippen LogP contribution in [-0.2, 0) is 61.6 Å². The molecule has 19 heteroatoms. The molecule has 1 spiro atoms. The molecule has 71 heavy (non-hydrogen) atoms. The Kier molecular flexibility index (Phi) is 20.5. The summed E-state index contributed by atoms with van der Waals surface area (Å²) in [6.45, 7) is 19.2. The van der Waals surface area contributed by atoms with Crippen LogP contribution in [0, 0.1) is 29.6 Å². The number of ether oxygens (including phenoxy) is 12. The van der Waals surface area contributed by atoms with Crippen LogP contribution in [0.1, 0.15) is 146 Å². The van der Waals surface area contributed by atoms with Crippen molar-refractivity contribution >= 4 is 5.97 Å². The number of carbonyl (C=O) groups is 1. The average Bonchev–Trinajstić information content (AvgIpc) is 4.02. The molecule has 0 aliphatic carbocycles. The second-order valence-electron chi connectivity index (χ2n) is 23.1. The van der Waals surface area contributed by atoms with Gasteiger partial charge in [-0.2, -0.15) is 0 Å². The molecule has 0 aromatic heterocycles. The monoisotopic (exact) mass is 1020 g/mol. The van der Waals surface area contributed by atoms with E-state index in [0.29, 0.717) is 57.8 Å². The smallest absolute Gasteiger partial charge is 0.550 e. The van der Waals surface area contributed by atoms with Crippen LogP contribution >= 0.6 is 0 Å². The first-order valence-electron chi connectivity index (χ1n) is 26.4. The van der Waals surface area contributed by atoms with Gasteiger partial charge in [-0.1, -0.05) is 34.6 Å². The largest absolute Gasteiger partial charge is 1.00 e. The second kappa shape index (κ2) is 24.2. The molecular formula is C52H89NaO18. The number of hydrogen-bond acceptors (Lipinski definition) is 18. The molecule has 406 valence electrons. The van der Waals surface area contributed by atoms with Crippen molar-refractivity contribution in [3.63, 3.8) is 0 Å². The summed E-state index contributed by atoms with van der Waals surface area (Å²) in [6, 6.07) is 0. The fraction of sp³-hybridized carbons (Fsp3) is 0.981. The van der Waals surface area contributed by atoms with Crippen LogP contribution in [0.3, 0.4) is 0 Å². The molecule has 7 fully saturated rings. The Balaban J connectivity index is 0.00000825. The van der Waals surface area contributed by atoms with E-state index >= 15 is 0 Å². The van der Waals surface area contributed by atoms with Crippen molar-refractivity contribution in [3.8, 4) is 0 Å². The third kappa shape index (κ3) is 12.9. The van der Waals surface area contributed by atoms with Gasteiger partial charge >= 0.3 is 29.6 Å². The van der Waals surface area contributed by atoms with Gasteiger partial charge in [-0.25, -0.2) is 0 Å². The number of aliphatic hydroxyl groups excluding tert-OH is 3. The van der Waals surface area contributed by atoms with Crippen molar-refractivity contribution in [3.05, 3.63) is 0 Å². The van der Waals surface area contributed by atoms with E-state index in [1.807, 2.05) is 48.5 Å². The molecule has 7 rings (SSSR count). The third-order valence-electron chi connectivity index (χ3n) is 18.0. The molecule has 0 radical (unpaired) electrons. The fourth-order valence-electron chi connectivity index (χ4n) is 13.1. The van der Waals surface area contributed by atoms with E-state index in [0.717, 1.165) is 6.42 Å². The third-order valence-corrected chi connectivity index (χ3v) is 18.0. The first-order chi connectivity index (χ1) is 32.9. The number of carbonyl (C=O) groups excluding carboxylic acids is 1. The van der Waals surface area contributed by atoms with E-state index in [4.69, 9.17) is 56.8 Å². The van der Waals surface area contributed by atoms with Gasteiger partial charge in [0.15, 0.2) is 24.2 Å². The minimum absolute atomic E-state index is 0. The van der Waals surface area contributed by atoms with E-state index in [1.165, 1.54) is 7.11 Å². The molecule has 7 aliphatic rings. The summed E-state index contributed by atoms with van der Waals surface area (Å²) in [5.41, 5.74) is -1.66. The number of carboxylic acid groups (broad SMARTS) is 1. The SMILES string of the molecule is CO[C@@H]1[C@@H](O[C@H]2CC[C@H](OC)[C@@H](C)O2)[C@H](C)[C@@](O)(CC(=O)[O-])O[C@H]1[C@H](C)[C@H]1O[C@@]2(CC[C@@](C)([C@H]3CC[C@@](C)([C@@H]4O[C@@H]([C@@H](O)[C@@H](C)C[C@@H](C)[C@@H](C)O)C[C@@H]4O[C@H]4CC[C@H](OC)[C@@H](C)O4)O3)O2)C[C@H](O)[C@H]1C.[Na+]. The van der Waals surface area contributed by atoms with E-state index in [2.05, 4.69) is 6.92 Å². The van der Waals surface area contributed by atoms with Crippen molar-refractivity contribution in [1.82, 2.24) is 0 Å². The van der Waals surface area contributed by atoms with Gasteiger partial charge in [-0.15, -0.1) is 0 Å². The Labute approximate surface area is 444 Å². The number of rotatable bonds is 18. The molecule has 4 N–H and O–H groups in total. The van der Waals surface area contributed by atoms with Crippen LogP contribution in [0.15, 0.2) is 0 Å². The second-order valence-corrected chi connectivity index (χ2v) is 23.1. The molecule has 18 nitrogen and oxygen atoms in total. The first-order valence-corrected chi connectivity index (χ1v) is 26.4. The number of carboxylic acids is 1. The number of methoxy groups -OCH3 is 3. The predicted molar refractivity (Wildman–Crippen MR) is 250 cm³/mol. The van der Waals surface area contributed by atoms with Crippen molar-refractivity contribution in [2.75, 3.05) is 21.3 Å². The summed E-state index contributed by atoms with van der Waals surface area (Å²) in [7, 11) is 4.86. The molecule has 0 unspecified atom stereocenters. The normalized spacial score (nSPS) is 48.4. The molecule has 7 heterocycles. The zero-order valence-electron chi connectivity index (χ0n) is 45.2. The summed E-state index contributed by atoms with van der Waals surface area (Å²) >= 11 is 0.